The third-order valence-electron chi connectivity index (χ3n) is 1.98. The van der Waals surface area contributed by atoms with Gasteiger partial charge in [0.25, 0.3) is 0 Å². The highest BCUT2D eigenvalue weighted by molar-refractivity contribution is 9.10. The molecule has 2 unspecified atom stereocenters. The molecule has 0 saturated heterocycles. The summed E-state index contributed by atoms with van der Waals surface area (Å²) in [4.78, 5) is 0. The van der Waals surface area contributed by atoms with E-state index in [0.717, 1.165) is 10.0 Å². The van der Waals surface area contributed by atoms with Crippen molar-refractivity contribution in [3.63, 3.8) is 0 Å². The van der Waals surface area contributed by atoms with Gasteiger partial charge in [-0.05, 0) is 24.6 Å². The summed E-state index contributed by atoms with van der Waals surface area (Å²) in [6.45, 7) is 2.38. The van der Waals surface area contributed by atoms with Crippen molar-refractivity contribution in [2.75, 3.05) is 6.54 Å². The van der Waals surface area contributed by atoms with Crippen LogP contribution in [0.5, 0.6) is 0 Å². The smallest absolute Gasteiger partial charge is 0.0489 e. The molecule has 0 aliphatic heterocycles. The van der Waals surface area contributed by atoms with Crippen LogP contribution in [0.2, 0.25) is 0 Å². The monoisotopic (exact) mass is 275 g/mol. The van der Waals surface area contributed by atoms with E-state index in [4.69, 9.17) is 5.73 Å². The molecule has 0 spiro atoms. The second-order valence-corrected chi connectivity index (χ2v) is 5.97. The van der Waals surface area contributed by atoms with Gasteiger partial charge in [0.2, 0.25) is 0 Å². The largest absolute Gasteiger partial charge is 0.329 e. The van der Waals surface area contributed by atoms with Crippen molar-refractivity contribution < 1.29 is 4.21 Å². The molecule has 1 aromatic rings. The van der Waals surface area contributed by atoms with Crippen LogP contribution >= 0.6 is 15.9 Å². The van der Waals surface area contributed by atoms with Crippen molar-refractivity contribution in [3.05, 3.63) is 34.3 Å². The highest BCUT2D eigenvalue weighted by Gasteiger charge is 2.09. The van der Waals surface area contributed by atoms with Gasteiger partial charge >= 0.3 is 0 Å². The summed E-state index contributed by atoms with van der Waals surface area (Å²) in [5.41, 5.74) is 6.54. The maximum Gasteiger partial charge on any atom is 0.0489 e. The van der Waals surface area contributed by atoms with E-state index in [1.165, 1.54) is 0 Å². The molecule has 0 aliphatic rings. The minimum Gasteiger partial charge on any atom is -0.329 e. The van der Waals surface area contributed by atoms with Crippen molar-refractivity contribution in [2.45, 2.75) is 17.9 Å². The Balaban J connectivity index is 2.65. The van der Waals surface area contributed by atoms with Gasteiger partial charge in [0, 0.05) is 32.8 Å². The SMILES string of the molecule is CC(CN)S(=O)Cc1cccc(Br)c1. The van der Waals surface area contributed by atoms with E-state index in [-0.39, 0.29) is 5.25 Å². The van der Waals surface area contributed by atoms with Gasteiger partial charge in [-0.15, -0.1) is 0 Å². The fourth-order valence-electron chi connectivity index (χ4n) is 1.04. The minimum atomic E-state index is -0.870. The molecule has 2 atom stereocenters. The maximum absolute atomic E-state index is 11.7. The summed E-state index contributed by atoms with van der Waals surface area (Å²) in [6.07, 6.45) is 0. The summed E-state index contributed by atoms with van der Waals surface area (Å²) in [5.74, 6) is 0.581. The molecule has 1 rings (SSSR count). The Labute approximate surface area is 95.5 Å². The fraction of sp³-hybridized carbons (Fsp3) is 0.400. The Bertz CT molecular complexity index is 330. The van der Waals surface area contributed by atoms with Crippen LogP contribution in [0, 0.1) is 0 Å². The number of rotatable bonds is 4. The van der Waals surface area contributed by atoms with Crippen LogP contribution < -0.4 is 5.73 Å². The lowest BCUT2D eigenvalue weighted by Gasteiger charge is -2.08. The molecular weight excluding hydrogens is 262 g/mol. The first kappa shape index (κ1) is 11.9. The van der Waals surface area contributed by atoms with E-state index in [9.17, 15) is 4.21 Å². The highest BCUT2D eigenvalue weighted by atomic mass is 79.9. The molecule has 0 saturated carbocycles. The van der Waals surface area contributed by atoms with Crippen LogP contribution in [0.4, 0.5) is 0 Å². The van der Waals surface area contributed by atoms with Crippen molar-refractivity contribution >= 4 is 26.7 Å². The number of nitrogens with two attached hydrogens (primary N) is 1. The first-order valence-electron chi connectivity index (χ1n) is 4.45. The third kappa shape index (κ3) is 3.52. The lowest BCUT2D eigenvalue weighted by atomic mass is 10.2. The Kier molecular flexibility index (Phi) is 4.78. The van der Waals surface area contributed by atoms with Crippen LogP contribution in [0.3, 0.4) is 0 Å². The molecular formula is C10H14BrNOS. The minimum absolute atomic E-state index is 0.0639. The maximum atomic E-state index is 11.7. The summed E-state index contributed by atoms with van der Waals surface area (Å²) in [7, 11) is -0.870. The van der Waals surface area contributed by atoms with E-state index in [1.54, 1.807) is 0 Å². The van der Waals surface area contributed by atoms with Crippen molar-refractivity contribution in [3.8, 4) is 0 Å². The van der Waals surface area contributed by atoms with E-state index >= 15 is 0 Å². The van der Waals surface area contributed by atoms with Crippen LogP contribution in [0.25, 0.3) is 0 Å². The molecule has 0 radical (unpaired) electrons. The van der Waals surface area contributed by atoms with Crippen LogP contribution in [-0.2, 0) is 16.6 Å². The zero-order valence-electron chi connectivity index (χ0n) is 8.07. The molecule has 0 aromatic heterocycles. The van der Waals surface area contributed by atoms with E-state index in [1.807, 2.05) is 31.2 Å². The van der Waals surface area contributed by atoms with Gasteiger partial charge in [0.1, 0.15) is 0 Å². The first-order valence-corrected chi connectivity index (χ1v) is 6.62. The molecule has 1 aromatic carbocycles. The Morgan fingerprint density at radius 3 is 2.86 bits per heavy atom. The molecule has 4 heteroatoms. The second-order valence-electron chi connectivity index (χ2n) is 3.20. The van der Waals surface area contributed by atoms with Crippen molar-refractivity contribution in [2.24, 2.45) is 5.73 Å². The fourth-order valence-corrected chi connectivity index (χ4v) is 2.49. The summed E-state index contributed by atoms with van der Waals surface area (Å²) in [5, 5.41) is 0.0639. The second kappa shape index (κ2) is 5.63. The van der Waals surface area contributed by atoms with Crippen LogP contribution in [0.1, 0.15) is 12.5 Å². The number of hydrogen-bond acceptors (Lipinski definition) is 2. The van der Waals surface area contributed by atoms with E-state index < -0.39 is 10.8 Å². The molecule has 0 fully saturated rings. The van der Waals surface area contributed by atoms with Crippen molar-refractivity contribution in [1.29, 1.82) is 0 Å². The molecule has 0 aliphatic carbocycles. The van der Waals surface area contributed by atoms with E-state index in [0.29, 0.717) is 12.3 Å². The first-order chi connectivity index (χ1) is 6.63. The van der Waals surface area contributed by atoms with E-state index in [2.05, 4.69) is 15.9 Å². The van der Waals surface area contributed by atoms with Gasteiger partial charge in [-0.25, -0.2) is 0 Å². The van der Waals surface area contributed by atoms with Gasteiger partial charge in [-0.2, -0.15) is 0 Å². The molecule has 0 amide bonds. The van der Waals surface area contributed by atoms with Gasteiger partial charge in [0.05, 0.1) is 0 Å². The standard InChI is InChI=1S/C10H14BrNOS/c1-8(6-12)14(13)7-9-3-2-4-10(11)5-9/h2-5,8H,6-7,12H2,1H3. The molecule has 14 heavy (non-hydrogen) atoms. The molecule has 0 heterocycles. The normalized spacial score (nSPS) is 15.1. The lowest BCUT2D eigenvalue weighted by molar-refractivity contribution is 0.672. The topological polar surface area (TPSA) is 43.1 Å². The number of halogens is 1. The van der Waals surface area contributed by atoms with Crippen molar-refractivity contribution in [1.82, 2.24) is 0 Å². The average Bonchev–Trinajstić information content (AvgIpc) is 2.16. The van der Waals surface area contributed by atoms with Gasteiger partial charge in [-0.3, -0.25) is 4.21 Å². The summed E-state index contributed by atoms with van der Waals surface area (Å²) < 4.78 is 12.7. The number of benzene rings is 1. The Morgan fingerprint density at radius 2 is 2.29 bits per heavy atom. The zero-order valence-corrected chi connectivity index (χ0v) is 10.5. The molecule has 0 bridgehead atoms. The van der Waals surface area contributed by atoms with Crippen LogP contribution in [0.15, 0.2) is 28.7 Å². The summed E-state index contributed by atoms with van der Waals surface area (Å²) in [6, 6.07) is 7.87. The van der Waals surface area contributed by atoms with Gasteiger partial charge in [-0.1, -0.05) is 28.1 Å². The highest BCUT2D eigenvalue weighted by Crippen LogP contribution is 2.14. The molecule has 78 valence electrons. The Hall–Kier alpha value is -0.190. The quantitative estimate of drug-likeness (QED) is 0.914. The zero-order chi connectivity index (χ0) is 10.6. The Morgan fingerprint density at radius 1 is 1.57 bits per heavy atom. The molecule has 2 N–H and O–H groups in total. The predicted molar refractivity (Wildman–Crippen MR) is 64.5 cm³/mol. The van der Waals surface area contributed by atoms with Crippen LogP contribution in [-0.4, -0.2) is 16.0 Å². The molecule has 2 nitrogen and oxygen atoms in total. The third-order valence-corrected chi connectivity index (χ3v) is 4.18. The predicted octanol–water partition coefficient (Wildman–Crippen LogP) is 2.04. The lowest BCUT2D eigenvalue weighted by Crippen LogP contribution is -2.22. The van der Waals surface area contributed by atoms with Gasteiger partial charge < -0.3 is 5.73 Å². The number of hydrogen-bond donors (Lipinski definition) is 1. The van der Waals surface area contributed by atoms with Gasteiger partial charge in [0.15, 0.2) is 0 Å². The average molecular weight is 276 g/mol. The summed E-state index contributed by atoms with van der Waals surface area (Å²) >= 11 is 3.38.